The van der Waals surface area contributed by atoms with E-state index in [1.807, 2.05) is 0 Å². The minimum Gasteiger partial charge on any atom is -0.313 e. The average molecular weight is 249 g/mol. The highest BCUT2D eigenvalue weighted by Gasteiger charge is 2.42. The van der Waals surface area contributed by atoms with Crippen molar-refractivity contribution in [2.45, 2.75) is 56.7 Å². The van der Waals surface area contributed by atoms with Gasteiger partial charge in [0.2, 0.25) is 0 Å². The molecule has 0 amide bonds. The van der Waals surface area contributed by atoms with Crippen molar-refractivity contribution < 1.29 is 0 Å². The van der Waals surface area contributed by atoms with Crippen LogP contribution in [0, 0.1) is 5.92 Å². The van der Waals surface area contributed by atoms with Crippen LogP contribution < -0.4 is 5.32 Å². The first-order valence-corrected chi connectivity index (χ1v) is 8.11. The molecule has 3 heteroatoms. The Morgan fingerprint density at radius 3 is 2.72 bits per heavy atom. The predicted molar refractivity (Wildman–Crippen MR) is 73.7 cm³/mol. The largest absolute Gasteiger partial charge is 0.313 e. The van der Waals surface area contributed by atoms with Crippen molar-refractivity contribution in [1.82, 2.24) is 15.1 Å². The van der Waals surface area contributed by atoms with E-state index >= 15 is 0 Å². The molecule has 0 spiro atoms. The molecule has 4 rings (SSSR count). The topological polar surface area (TPSA) is 18.5 Å². The highest BCUT2D eigenvalue weighted by atomic mass is 15.3. The molecule has 3 heterocycles. The molecule has 1 saturated carbocycles. The van der Waals surface area contributed by atoms with E-state index in [0.717, 1.165) is 24.0 Å². The highest BCUT2D eigenvalue weighted by Crippen LogP contribution is 2.37. The van der Waals surface area contributed by atoms with Crippen molar-refractivity contribution in [1.29, 1.82) is 0 Å². The van der Waals surface area contributed by atoms with E-state index in [0.29, 0.717) is 0 Å². The van der Waals surface area contributed by atoms with Gasteiger partial charge in [0.05, 0.1) is 0 Å². The Balaban J connectivity index is 1.44. The normalized spacial score (nSPS) is 43.8. The van der Waals surface area contributed by atoms with Crippen LogP contribution in [0.15, 0.2) is 0 Å². The van der Waals surface area contributed by atoms with Gasteiger partial charge in [0, 0.05) is 31.2 Å². The lowest BCUT2D eigenvalue weighted by Gasteiger charge is -2.40. The van der Waals surface area contributed by atoms with Gasteiger partial charge in [0.1, 0.15) is 0 Å². The van der Waals surface area contributed by atoms with Crippen LogP contribution in [0.3, 0.4) is 0 Å². The van der Waals surface area contributed by atoms with Crippen molar-refractivity contribution in [2.75, 3.05) is 32.7 Å². The zero-order chi connectivity index (χ0) is 11.9. The fourth-order valence-electron chi connectivity index (χ4n) is 4.50. The monoisotopic (exact) mass is 249 g/mol. The molecule has 0 aromatic heterocycles. The lowest BCUT2D eigenvalue weighted by molar-refractivity contribution is 0.0853. The first kappa shape index (κ1) is 11.7. The van der Waals surface area contributed by atoms with Crippen LogP contribution in [-0.2, 0) is 0 Å². The summed E-state index contributed by atoms with van der Waals surface area (Å²) >= 11 is 0. The van der Waals surface area contributed by atoms with Crippen molar-refractivity contribution in [3.05, 3.63) is 0 Å². The molecule has 4 unspecified atom stereocenters. The van der Waals surface area contributed by atoms with Gasteiger partial charge < -0.3 is 10.2 Å². The molecule has 1 aliphatic carbocycles. The van der Waals surface area contributed by atoms with Gasteiger partial charge in [-0.2, -0.15) is 0 Å². The standard InChI is InChI=1S/C15H27N3/c1-2-13(16-7-1)11-18(14-3-4-14)15-6-9-17-8-5-12(15)10-17/h12-16H,1-11H2. The lowest BCUT2D eigenvalue weighted by Crippen LogP contribution is -2.51. The molecule has 3 nitrogen and oxygen atoms in total. The van der Waals surface area contributed by atoms with Gasteiger partial charge in [0.15, 0.2) is 0 Å². The molecular formula is C15H27N3. The van der Waals surface area contributed by atoms with E-state index in [-0.39, 0.29) is 0 Å². The van der Waals surface area contributed by atoms with Crippen molar-refractivity contribution in [2.24, 2.45) is 5.92 Å². The first-order valence-electron chi connectivity index (χ1n) is 8.11. The summed E-state index contributed by atoms with van der Waals surface area (Å²) < 4.78 is 0. The Morgan fingerprint density at radius 2 is 1.94 bits per heavy atom. The fraction of sp³-hybridized carbons (Fsp3) is 1.00. The number of fused-ring (bicyclic) bond motifs is 2. The predicted octanol–water partition coefficient (Wildman–Crippen LogP) is 1.30. The molecule has 4 fully saturated rings. The Hall–Kier alpha value is -0.120. The third-order valence-corrected chi connectivity index (χ3v) is 5.63. The van der Waals surface area contributed by atoms with Crippen molar-refractivity contribution >= 4 is 0 Å². The number of piperidine rings is 1. The van der Waals surface area contributed by atoms with Gasteiger partial charge in [-0.25, -0.2) is 0 Å². The minimum absolute atomic E-state index is 0.796. The molecule has 4 aliphatic rings. The van der Waals surface area contributed by atoms with Crippen LogP contribution in [0.25, 0.3) is 0 Å². The number of hydrogen-bond acceptors (Lipinski definition) is 3. The fourth-order valence-corrected chi connectivity index (χ4v) is 4.50. The highest BCUT2D eigenvalue weighted by molar-refractivity contribution is 4.98. The second-order valence-electron chi connectivity index (χ2n) is 6.93. The molecule has 2 bridgehead atoms. The third kappa shape index (κ3) is 2.21. The van der Waals surface area contributed by atoms with E-state index in [4.69, 9.17) is 0 Å². The molecule has 18 heavy (non-hydrogen) atoms. The first-order chi connectivity index (χ1) is 8.90. The summed E-state index contributed by atoms with van der Waals surface area (Å²) in [6.45, 7) is 6.73. The van der Waals surface area contributed by atoms with Gasteiger partial charge in [0.25, 0.3) is 0 Å². The molecular weight excluding hydrogens is 222 g/mol. The second-order valence-corrected chi connectivity index (χ2v) is 6.93. The van der Waals surface area contributed by atoms with E-state index in [2.05, 4.69) is 15.1 Å². The van der Waals surface area contributed by atoms with E-state index in [1.54, 1.807) is 0 Å². The van der Waals surface area contributed by atoms with Crippen molar-refractivity contribution in [3.8, 4) is 0 Å². The van der Waals surface area contributed by atoms with Crippen LogP contribution in [0.1, 0.15) is 38.5 Å². The molecule has 1 N–H and O–H groups in total. The van der Waals surface area contributed by atoms with Gasteiger partial charge in [-0.3, -0.25) is 4.90 Å². The van der Waals surface area contributed by atoms with E-state index < -0.39 is 0 Å². The summed E-state index contributed by atoms with van der Waals surface area (Å²) in [6.07, 6.45) is 8.65. The smallest absolute Gasteiger partial charge is 0.0195 e. The summed E-state index contributed by atoms with van der Waals surface area (Å²) in [6, 6.07) is 2.66. The Labute approximate surface area is 111 Å². The number of nitrogens with one attached hydrogen (secondary N) is 1. The third-order valence-electron chi connectivity index (χ3n) is 5.63. The molecule has 0 aromatic rings. The summed E-state index contributed by atoms with van der Waals surface area (Å²) in [5.74, 6) is 0.987. The van der Waals surface area contributed by atoms with Crippen LogP contribution in [0.4, 0.5) is 0 Å². The SMILES string of the molecule is C1CNC(CN(C2CC2)C2CCN3CCC2C3)C1. The van der Waals surface area contributed by atoms with Crippen LogP contribution in [-0.4, -0.2) is 60.6 Å². The summed E-state index contributed by atoms with van der Waals surface area (Å²) in [5.41, 5.74) is 0. The van der Waals surface area contributed by atoms with Gasteiger partial charge in [-0.15, -0.1) is 0 Å². The zero-order valence-electron chi connectivity index (χ0n) is 11.5. The van der Waals surface area contributed by atoms with Gasteiger partial charge in [-0.05, 0) is 64.1 Å². The van der Waals surface area contributed by atoms with Crippen LogP contribution in [0.5, 0.6) is 0 Å². The molecule has 0 radical (unpaired) electrons. The molecule has 0 aromatic carbocycles. The maximum atomic E-state index is 3.70. The Bertz CT molecular complexity index is 296. The Kier molecular flexibility index (Phi) is 3.10. The minimum atomic E-state index is 0.796. The summed E-state index contributed by atoms with van der Waals surface area (Å²) in [4.78, 5) is 5.61. The maximum Gasteiger partial charge on any atom is 0.0195 e. The number of hydrogen-bond donors (Lipinski definition) is 1. The second kappa shape index (κ2) is 4.77. The summed E-state index contributed by atoms with van der Waals surface area (Å²) in [7, 11) is 0. The van der Waals surface area contributed by atoms with Crippen molar-refractivity contribution in [3.63, 3.8) is 0 Å². The van der Waals surface area contributed by atoms with Crippen LogP contribution in [0.2, 0.25) is 0 Å². The van der Waals surface area contributed by atoms with E-state index in [9.17, 15) is 0 Å². The molecule has 3 saturated heterocycles. The Morgan fingerprint density at radius 1 is 1.06 bits per heavy atom. The quantitative estimate of drug-likeness (QED) is 0.810. The maximum absolute atomic E-state index is 3.70. The lowest BCUT2D eigenvalue weighted by atomic mass is 9.92. The average Bonchev–Trinajstić information content (AvgIpc) is 2.98. The summed E-state index contributed by atoms with van der Waals surface area (Å²) in [5, 5.41) is 3.70. The van der Waals surface area contributed by atoms with E-state index in [1.165, 1.54) is 71.2 Å². The van der Waals surface area contributed by atoms with Crippen LogP contribution >= 0.6 is 0 Å². The van der Waals surface area contributed by atoms with Gasteiger partial charge >= 0.3 is 0 Å². The van der Waals surface area contributed by atoms with Gasteiger partial charge in [-0.1, -0.05) is 0 Å². The molecule has 102 valence electrons. The molecule has 3 aliphatic heterocycles. The number of rotatable bonds is 4. The number of nitrogens with zero attached hydrogens (tertiary/aromatic N) is 2. The zero-order valence-corrected chi connectivity index (χ0v) is 11.5. The molecule has 4 atom stereocenters.